The van der Waals surface area contributed by atoms with Gasteiger partial charge >= 0.3 is 0 Å². The predicted octanol–water partition coefficient (Wildman–Crippen LogP) is 2.48. The number of piperazine rings is 1. The molecule has 0 aromatic heterocycles. The summed E-state index contributed by atoms with van der Waals surface area (Å²) in [6, 6.07) is 8.34. The number of amides is 1. The monoisotopic (exact) mass is 416 g/mol. The van der Waals surface area contributed by atoms with Crippen molar-refractivity contribution in [1.29, 1.82) is 0 Å². The second kappa shape index (κ2) is 11.2. The fourth-order valence-electron chi connectivity index (χ4n) is 3.87. The highest BCUT2D eigenvalue weighted by atomic mass is 35.5. The maximum atomic E-state index is 12.9. The number of hydrogen-bond acceptors (Lipinski definition) is 4. The molecule has 2 saturated heterocycles. The molecule has 1 aromatic rings. The van der Waals surface area contributed by atoms with Crippen molar-refractivity contribution >= 4 is 30.7 Å². The van der Waals surface area contributed by atoms with Gasteiger partial charge in [0, 0.05) is 57.4 Å². The summed E-state index contributed by atoms with van der Waals surface area (Å²) in [6.07, 6.45) is 2.18. The Bertz CT molecular complexity index is 591. The van der Waals surface area contributed by atoms with Crippen LogP contribution in [0.3, 0.4) is 0 Å². The summed E-state index contributed by atoms with van der Waals surface area (Å²) in [4.78, 5) is 19.7. The quantitative estimate of drug-likeness (QED) is 0.818. The van der Waals surface area contributed by atoms with Crippen molar-refractivity contribution in [2.45, 2.75) is 32.4 Å². The van der Waals surface area contributed by atoms with E-state index in [9.17, 15) is 4.79 Å². The highest BCUT2D eigenvalue weighted by Crippen LogP contribution is 2.21. The molecule has 1 amide bonds. The molecule has 2 aliphatic heterocycles. The van der Waals surface area contributed by atoms with Crippen molar-refractivity contribution in [1.82, 2.24) is 14.7 Å². The Kier molecular flexibility index (Phi) is 10.1. The summed E-state index contributed by atoms with van der Waals surface area (Å²) in [5, 5.41) is 0. The minimum absolute atomic E-state index is 0. The first kappa shape index (κ1) is 24.2. The van der Waals surface area contributed by atoms with Crippen molar-refractivity contribution in [2.75, 3.05) is 46.3 Å². The zero-order valence-electron chi connectivity index (χ0n) is 16.5. The average molecular weight is 417 g/mol. The summed E-state index contributed by atoms with van der Waals surface area (Å²) in [6.45, 7) is 9.04. The molecule has 2 unspecified atom stereocenters. The summed E-state index contributed by atoms with van der Waals surface area (Å²) < 4.78 is 0. The molecule has 2 fully saturated rings. The van der Waals surface area contributed by atoms with Gasteiger partial charge in [0.05, 0.1) is 0 Å². The zero-order chi connectivity index (χ0) is 17.8. The van der Waals surface area contributed by atoms with Crippen molar-refractivity contribution in [3.8, 4) is 0 Å². The lowest BCUT2D eigenvalue weighted by molar-refractivity contribution is 0.0660. The van der Waals surface area contributed by atoms with Gasteiger partial charge in [0.1, 0.15) is 0 Å². The van der Waals surface area contributed by atoms with E-state index in [2.05, 4.69) is 35.9 Å². The molecule has 3 rings (SSSR count). The number of likely N-dealkylation sites (tertiary alicyclic amines) is 1. The van der Waals surface area contributed by atoms with Crippen LogP contribution in [0.5, 0.6) is 0 Å². The standard InChI is InChI=1S/C20H32N4O.2ClH/c1-16(21)19-7-4-8-24(15-19)20(25)18-6-3-5-17(13-18)14-23-11-9-22(2)10-12-23;;/h3,5-6,13,16,19H,4,7-12,14-15,21H2,1-2H3;2*1H. The van der Waals surface area contributed by atoms with Crippen LogP contribution >= 0.6 is 24.8 Å². The number of carbonyl (C=O) groups is 1. The highest BCUT2D eigenvalue weighted by Gasteiger charge is 2.26. The van der Waals surface area contributed by atoms with Crippen LogP contribution < -0.4 is 5.73 Å². The van der Waals surface area contributed by atoms with Gasteiger partial charge in [-0.1, -0.05) is 12.1 Å². The number of hydrogen-bond donors (Lipinski definition) is 1. The maximum absolute atomic E-state index is 12.9. The number of nitrogens with zero attached hydrogens (tertiary/aromatic N) is 3. The van der Waals surface area contributed by atoms with Gasteiger partial charge in [-0.2, -0.15) is 0 Å². The Hall–Kier alpha value is -0.850. The summed E-state index contributed by atoms with van der Waals surface area (Å²) in [5.74, 6) is 0.580. The van der Waals surface area contributed by atoms with Gasteiger partial charge < -0.3 is 15.5 Å². The number of piperidine rings is 1. The summed E-state index contributed by atoms with van der Waals surface area (Å²) in [7, 11) is 2.17. The van der Waals surface area contributed by atoms with Crippen molar-refractivity contribution in [3.05, 3.63) is 35.4 Å². The fourth-order valence-corrected chi connectivity index (χ4v) is 3.87. The Morgan fingerprint density at radius 3 is 2.56 bits per heavy atom. The van der Waals surface area contributed by atoms with Crippen molar-refractivity contribution in [2.24, 2.45) is 11.7 Å². The van der Waals surface area contributed by atoms with Crippen LogP contribution in [-0.4, -0.2) is 73.0 Å². The number of benzene rings is 1. The molecule has 27 heavy (non-hydrogen) atoms. The van der Waals surface area contributed by atoms with E-state index in [1.54, 1.807) is 0 Å². The molecule has 2 heterocycles. The van der Waals surface area contributed by atoms with E-state index in [4.69, 9.17) is 5.73 Å². The minimum atomic E-state index is 0. The van der Waals surface area contributed by atoms with E-state index in [0.29, 0.717) is 5.92 Å². The molecule has 0 radical (unpaired) electrons. The van der Waals surface area contributed by atoms with Crippen LogP contribution in [0, 0.1) is 5.92 Å². The molecule has 154 valence electrons. The van der Waals surface area contributed by atoms with Gasteiger partial charge in [0.15, 0.2) is 0 Å². The Morgan fingerprint density at radius 2 is 1.89 bits per heavy atom. The van der Waals surface area contributed by atoms with Crippen LogP contribution in [-0.2, 0) is 6.54 Å². The molecule has 1 aromatic carbocycles. The molecule has 7 heteroatoms. The lowest BCUT2D eigenvalue weighted by Crippen LogP contribution is -2.45. The Morgan fingerprint density at radius 1 is 1.19 bits per heavy atom. The van der Waals surface area contributed by atoms with E-state index in [1.807, 2.05) is 17.0 Å². The first-order valence-corrected chi connectivity index (χ1v) is 9.57. The zero-order valence-corrected chi connectivity index (χ0v) is 18.1. The largest absolute Gasteiger partial charge is 0.338 e. The van der Waals surface area contributed by atoms with Crippen LogP contribution in [0.2, 0.25) is 0 Å². The average Bonchev–Trinajstić information content (AvgIpc) is 2.63. The third-order valence-corrected chi connectivity index (χ3v) is 5.66. The van der Waals surface area contributed by atoms with Crippen LogP contribution in [0.15, 0.2) is 24.3 Å². The van der Waals surface area contributed by atoms with Gasteiger partial charge in [0.25, 0.3) is 5.91 Å². The lowest BCUT2D eigenvalue weighted by atomic mass is 9.92. The third-order valence-electron chi connectivity index (χ3n) is 5.66. The van der Waals surface area contributed by atoms with Gasteiger partial charge in [-0.05, 0) is 50.4 Å². The fraction of sp³-hybridized carbons (Fsp3) is 0.650. The van der Waals surface area contributed by atoms with Crippen molar-refractivity contribution < 1.29 is 4.79 Å². The van der Waals surface area contributed by atoms with Crippen molar-refractivity contribution in [3.63, 3.8) is 0 Å². The normalized spacial score (nSPS) is 22.5. The number of carbonyl (C=O) groups excluding carboxylic acids is 1. The van der Waals surface area contributed by atoms with E-state index >= 15 is 0 Å². The molecule has 2 aliphatic rings. The second-order valence-corrected chi connectivity index (χ2v) is 7.79. The molecule has 0 aliphatic carbocycles. The first-order valence-electron chi connectivity index (χ1n) is 9.57. The van der Waals surface area contributed by atoms with Gasteiger partial charge in [-0.3, -0.25) is 9.69 Å². The minimum Gasteiger partial charge on any atom is -0.338 e. The van der Waals surface area contributed by atoms with E-state index in [-0.39, 0.29) is 36.8 Å². The topological polar surface area (TPSA) is 52.8 Å². The molecule has 0 spiro atoms. The molecular weight excluding hydrogens is 383 g/mol. The Labute approximate surface area is 176 Å². The lowest BCUT2D eigenvalue weighted by Gasteiger charge is -2.35. The summed E-state index contributed by atoms with van der Waals surface area (Å²) in [5.41, 5.74) is 8.11. The molecule has 0 saturated carbocycles. The molecular formula is C20H34Cl2N4O. The third kappa shape index (κ3) is 6.61. The SMILES string of the molecule is CC(N)C1CCCN(C(=O)c2cccc(CN3CCN(C)CC3)c2)C1.Cl.Cl. The summed E-state index contributed by atoms with van der Waals surface area (Å²) >= 11 is 0. The molecule has 2 N–H and O–H groups in total. The van der Waals surface area contributed by atoms with Gasteiger partial charge in [0.2, 0.25) is 0 Å². The smallest absolute Gasteiger partial charge is 0.253 e. The number of halogens is 2. The van der Waals surface area contributed by atoms with Crippen LogP contribution in [0.1, 0.15) is 35.7 Å². The van der Waals surface area contributed by atoms with E-state index in [1.165, 1.54) is 5.56 Å². The van der Waals surface area contributed by atoms with Gasteiger partial charge in [-0.25, -0.2) is 0 Å². The molecule has 2 atom stereocenters. The van der Waals surface area contributed by atoms with E-state index in [0.717, 1.165) is 64.2 Å². The molecule has 5 nitrogen and oxygen atoms in total. The predicted molar refractivity (Wildman–Crippen MR) is 116 cm³/mol. The van der Waals surface area contributed by atoms with E-state index < -0.39 is 0 Å². The Balaban J connectivity index is 0.00000182. The van der Waals surface area contributed by atoms with Gasteiger partial charge in [-0.15, -0.1) is 24.8 Å². The highest BCUT2D eigenvalue weighted by molar-refractivity contribution is 5.94. The van der Waals surface area contributed by atoms with Crippen LogP contribution in [0.4, 0.5) is 0 Å². The maximum Gasteiger partial charge on any atom is 0.253 e. The number of likely N-dealkylation sites (N-methyl/N-ethyl adjacent to an activating group) is 1. The molecule has 0 bridgehead atoms. The number of nitrogens with two attached hydrogens (primary N) is 1. The second-order valence-electron chi connectivity index (χ2n) is 7.79. The first-order chi connectivity index (χ1) is 12.0. The number of rotatable bonds is 4. The van der Waals surface area contributed by atoms with Crippen LogP contribution in [0.25, 0.3) is 0 Å².